The number of benzene rings is 2. The fraction of sp³-hybridized carbons (Fsp3) is 0.133. The highest BCUT2D eigenvalue weighted by molar-refractivity contribution is 5.72. The molecule has 0 amide bonds. The van der Waals surface area contributed by atoms with Crippen LogP contribution in [0.1, 0.15) is 11.1 Å². The van der Waals surface area contributed by atoms with Crippen molar-refractivity contribution in [1.29, 1.82) is 5.26 Å². The van der Waals surface area contributed by atoms with Crippen molar-refractivity contribution in [1.82, 2.24) is 0 Å². The second-order valence-electron chi connectivity index (χ2n) is 3.89. The second kappa shape index (κ2) is 4.71. The summed E-state index contributed by atoms with van der Waals surface area (Å²) in [5, 5.41) is 9.12. The lowest BCUT2D eigenvalue weighted by molar-refractivity contribution is 0.415. The van der Waals surface area contributed by atoms with E-state index >= 15 is 0 Å². The first-order valence-electron chi connectivity index (χ1n) is 5.40. The van der Waals surface area contributed by atoms with Crippen molar-refractivity contribution in [3.8, 4) is 22.9 Å². The van der Waals surface area contributed by atoms with E-state index in [1.54, 1.807) is 19.2 Å². The first kappa shape index (κ1) is 11.2. The van der Waals surface area contributed by atoms with Crippen molar-refractivity contribution < 1.29 is 4.74 Å². The molecule has 0 saturated carbocycles. The molecule has 0 atom stereocenters. The van der Waals surface area contributed by atoms with Crippen LogP contribution in [0, 0.1) is 18.3 Å². The molecule has 0 fully saturated rings. The largest absolute Gasteiger partial charge is 0.497 e. The zero-order chi connectivity index (χ0) is 12.3. The van der Waals surface area contributed by atoms with E-state index in [0.717, 1.165) is 16.9 Å². The molecule has 17 heavy (non-hydrogen) atoms. The van der Waals surface area contributed by atoms with Crippen molar-refractivity contribution in [2.75, 3.05) is 7.11 Å². The van der Waals surface area contributed by atoms with Crippen LogP contribution >= 0.6 is 0 Å². The Morgan fingerprint density at radius 1 is 1.12 bits per heavy atom. The molecule has 2 rings (SSSR count). The van der Waals surface area contributed by atoms with Crippen molar-refractivity contribution in [3.05, 3.63) is 53.6 Å². The topological polar surface area (TPSA) is 33.0 Å². The molecule has 0 aromatic heterocycles. The van der Waals surface area contributed by atoms with E-state index in [4.69, 9.17) is 10.00 Å². The Balaban J connectivity index is 2.61. The molecule has 2 nitrogen and oxygen atoms in total. The van der Waals surface area contributed by atoms with Gasteiger partial charge in [-0.05, 0) is 30.7 Å². The maximum absolute atomic E-state index is 9.12. The number of nitriles is 1. The predicted octanol–water partition coefficient (Wildman–Crippen LogP) is 3.54. The van der Waals surface area contributed by atoms with E-state index in [0.29, 0.717) is 5.56 Å². The van der Waals surface area contributed by atoms with Gasteiger partial charge < -0.3 is 4.74 Å². The first-order valence-corrected chi connectivity index (χ1v) is 5.40. The Bertz CT molecular complexity index is 582. The molecule has 0 aliphatic heterocycles. The average Bonchev–Trinajstić information content (AvgIpc) is 2.38. The van der Waals surface area contributed by atoms with Crippen LogP contribution in [0.2, 0.25) is 0 Å². The monoisotopic (exact) mass is 223 g/mol. The van der Waals surface area contributed by atoms with Crippen LogP contribution in [0.25, 0.3) is 11.1 Å². The molecule has 2 heteroatoms. The Hall–Kier alpha value is -2.27. The van der Waals surface area contributed by atoms with E-state index < -0.39 is 0 Å². The zero-order valence-corrected chi connectivity index (χ0v) is 9.90. The number of nitrogens with zero attached hydrogens (tertiary/aromatic N) is 1. The third kappa shape index (κ3) is 2.29. The van der Waals surface area contributed by atoms with Crippen LogP contribution in [0.15, 0.2) is 42.5 Å². The molecule has 0 saturated heterocycles. The van der Waals surface area contributed by atoms with E-state index in [9.17, 15) is 0 Å². The lowest BCUT2D eigenvalue weighted by atomic mass is 9.99. The third-order valence-electron chi connectivity index (χ3n) is 2.68. The molecular formula is C15H13NO. The fourth-order valence-corrected chi connectivity index (χ4v) is 1.80. The van der Waals surface area contributed by atoms with E-state index in [-0.39, 0.29) is 0 Å². The van der Waals surface area contributed by atoms with Crippen LogP contribution in [0.3, 0.4) is 0 Å². The fourth-order valence-electron chi connectivity index (χ4n) is 1.80. The Kier molecular flexibility index (Phi) is 3.11. The van der Waals surface area contributed by atoms with E-state index in [1.807, 2.05) is 31.2 Å². The van der Waals surface area contributed by atoms with Gasteiger partial charge in [-0.15, -0.1) is 0 Å². The van der Waals surface area contributed by atoms with Crippen LogP contribution in [-0.4, -0.2) is 7.11 Å². The summed E-state index contributed by atoms with van der Waals surface area (Å²) < 4.78 is 5.20. The van der Waals surface area contributed by atoms with Crippen molar-refractivity contribution in [3.63, 3.8) is 0 Å². The van der Waals surface area contributed by atoms with Gasteiger partial charge in [-0.2, -0.15) is 5.26 Å². The van der Waals surface area contributed by atoms with Gasteiger partial charge in [0.15, 0.2) is 0 Å². The molecular weight excluding hydrogens is 210 g/mol. The normalized spacial score (nSPS) is 9.71. The number of hydrogen-bond acceptors (Lipinski definition) is 2. The molecule has 2 aromatic carbocycles. The highest BCUT2D eigenvalue weighted by atomic mass is 16.5. The van der Waals surface area contributed by atoms with Gasteiger partial charge >= 0.3 is 0 Å². The number of hydrogen-bond donors (Lipinski definition) is 0. The molecule has 0 spiro atoms. The van der Waals surface area contributed by atoms with Crippen LogP contribution in [-0.2, 0) is 0 Å². The number of aryl methyl sites for hydroxylation is 1. The molecule has 0 unspecified atom stereocenters. The zero-order valence-electron chi connectivity index (χ0n) is 9.90. The van der Waals surface area contributed by atoms with Crippen molar-refractivity contribution >= 4 is 0 Å². The van der Waals surface area contributed by atoms with Gasteiger partial charge in [0.1, 0.15) is 5.75 Å². The van der Waals surface area contributed by atoms with Crippen molar-refractivity contribution in [2.45, 2.75) is 6.92 Å². The van der Waals surface area contributed by atoms with Gasteiger partial charge in [0, 0.05) is 5.56 Å². The molecule has 0 aliphatic rings. The number of methoxy groups -OCH3 is 1. The standard InChI is InChI=1S/C15H13NO/c1-11-4-3-5-12(8-11)15-9-14(17-2)7-6-13(15)10-16/h3-9H,1-2H3. The quantitative estimate of drug-likeness (QED) is 0.780. The summed E-state index contributed by atoms with van der Waals surface area (Å²) in [7, 11) is 1.63. The van der Waals surface area contributed by atoms with Gasteiger partial charge in [0.25, 0.3) is 0 Å². The number of rotatable bonds is 2. The predicted molar refractivity (Wildman–Crippen MR) is 67.9 cm³/mol. The lowest BCUT2D eigenvalue weighted by Crippen LogP contribution is -1.88. The summed E-state index contributed by atoms with van der Waals surface area (Å²) >= 11 is 0. The average molecular weight is 223 g/mol. The minimum atomic E-state index is 0.663. The maximum atomic E-state index is 9.12. The maximum Gasteiger partial charge on any atom is 0.119 e. The number of ether oxygens (including phenoxy) is 1. The summed E-state index contributed by atoms with van der Waals surface area (Å²) in [6.07, 6.45) is 0. The molecule has 0 heterocycles. The second-order valence-corrected chi connectivity index (χ2v) is 3.89. The molecule has 0 aliphatic carbocycles. The van der Waals surface area contributed by atoms with Gasteiger partial charge in [-0.3, -0.25) is 0 Å². The highest BCUT2D eigenvalue weighted by Crippen LogP contribution is 2.28. The molecule has 0 N–H and O–H groups in total. The minimum absolute atomic E-state index is 0.663. The summed E-state index contributed by atoms with van der Waals surface area (Å²) in [4.78, 5) is 0. The van der Waals surface area contributed by atoms with E-state index in [2.05, 4.69) is 12.1 Å². The summed E-state index contributed by atoms with van der Waals surface area (Å²) in [5.41, 5.74) is 3.79. The Morgan fingerprint density at radius 2 is 1.94 bits per heavy atom. The van der Waals surface area contributed by atoms with Gasteiger partial charge in [0.05, 0.1) is 18.7 Å². The third-order valence-corrected chi connectivity index (χ3v) is 2.68. The summed E-state index contributed by atoms with van der Waals surface area (Å²) in [5.74, 6) is 0.764. The van der Waals surface area contributed by atoms with Crippen LogP contribution < -0.4 is 4.74 Å². The van der Waals surface area contributed by atoms with Gasteiger partial charge in [-0.25, -0.2) is 0 Å². The van der Waals surface area contributed by atoms with Crippen LogP contribution in [0.4, 0.5) is 0 Å². The minimum Gasteiger partial charge on any atom is -0.497 e. The van der Waals surface area contributed by atoms with Gasteiger partial charge in [-0.1, -0.05) is 29.8 Å². The smallest absolute Gasteiger partial charge is 0.119 e. The molecule has 0 bridgehead atoms. The van der Waals surface area contributed by atoms with Crippen LogP contribution in [0.5, 0.6) is 5.75 Å². The summed E-state index contributed by atoms with van der Waals surface area (Å²) in [6, 6.07) is 15.8. The Morgan fingerprint density at radius 3 is 2.59 bits per heavy atom. The molecule has 0 radical (unpaired) electrons. The lowest BCUT2D eigenvalue weighted by Gasteiger charge is -2.07. The summed E-state index contributed by atoms with van der Waals surface area (Å²) in [6.45, 7) is 2.04. The van der Waals surface area contributed by atoms with Crippen molar-refractivity contribution in [2.24, 2.45) is 0 Å². The highest BCUT2D eigenvalue weighted by Gasteiger charge is 2.06. The molecule has 84 valence electrons. The van der Waals surface area contributed by atoms with Gasteiger partial charge in [0.2, 0.25) is 0 Å². The van der Waals surface area contributed by atoms with E-state index in [1.165, 1.54) is 5.56 Å². The Labute approximate surface area is 101 Å². The molecule has 2 aromatic rings. The first-order chi connectivity index (χ1) is 8.24. The SMILES string of the molecule is COc1ccc(C#N)c(-c2cccc(C)c2)c1.